The Morgan fingerprint density at radius 2 is 1.67 bits per heavy atom. The molecule has 0 saturated heterocycles. The molecule has 1 amide bonds. The quantitative estimate of drug-likeness (QED) is 0.614. The molecular formula is C18H37NO2. The van der Waals surface area contributed by atoms with Crippen molar-refractivity contribution in [3.63, 3.8) is 0 Å². The Morgan fingerprint density at radius 3 is 2.19 bits per heavy atom. The lowest BCUT2D eigenvalue weighted by atomic mass is 9.89. The number of rotatable bonds is 11. The first kappa shape index (κ1) is 20.4. The summed E-state index contributed by atoms with van der Waals surface area (Å²) in [6.07, 6.45) is 3.94. The summed E-state index contributed by atoms with van der Waals surface area (Å²) >= 11 is 0. The lowest BCUT2D eigenvalue weighted by molar-refractivity contribution is -0.122. The van der Waals surface area contributed by atoms with Gasteiger partial charge in [0.15, 0.2) is 0 Å². The third-order valence-electron chi connectivity index (χ3n) is 3.63. The Hall–Kier alpha value is -0.570. The lowest BCUT2D eigenvalue weighted by Gasteiger charge is -2.29. The summed E-state index contributed by atoms with van der Waals surface area (Å²) in [6, 6.07) is 0. The summed E-state index contributed by atoms with van der Waals surface area (Å²) in [5, 5.41) is 3.03. The van der Waals surface area contributed by atoms with E-state index in [2.05, 4.69) is 53.8 Å². The Bertz CT molecular complexity index is 296. The minimum absolute atomic E-state index is 0.0181. The van der Waals surface area contributed by atoms with Crippen molar-refractivity contribution < 1.29 is 9.53 Å². The van der Waals surface area contributed by atoms with Crippen molar-refractivity contribution in [2.45, 2.75) is 74.1 Å². The maximum atomic E-state index is 11.8. The van der Waals surface area contributed by atoms with E-state index in [0.29, 0.717) is 25.5 Å². The van der Waals surface area contributed by atoms with Crippen molar-refractivity contribution >= 4 is 5.91 Å². The van der Waals surface area contributed by atoms with Crippen LogP contribution in [-0.4, -0.2) is 25.7 Å². The fourth-order valence-corrected chi connectivity index (χ4v) is 2.25. The van der Waals surface area contributed by atoms with Crippen LogP contribution in [0, 0.1) is 16.7 Å². The molecule has 0 bridgehead atoms. The zero-order valence-electron chi connectivity index (χ0n) is 15.3. The van der Waals surface area contributed by atoms with E-state index in [9.17, 15) is 4.79 Å². The van der Waals surface area contributed by atoms with Crippen LogP contribution >= 0.6 is 0 Å². The molecule has 0 saturated carbocycles. The number of carbonyl (C=O) groups is 1. The molecule has 0 aliphatic rings. The second-order valence-electron chi connectivity index (χ2n) is 8.28. The second-order valence-corrected chi connectivity index (χ2v) is 8.28. The normalized spacial score (nSPS) is 12.8. The van der Waals surface area contributed by atoms with Gasteiger partial charge >= 0.3 is 0 Å². The van der Waals surface area contributed by atoms with Gasteiger partial charge in [-0.3, -0.25) is 4.79 Å². The van der Waals surface area contributed by atoms with Crippen LogP contribution in [0.3, 0.4) is 0 Å². The highest BCUT2D eigenvalue weighted by molar-refractivity contribution is 5.75. The topological polar surface area (TPSA) is 38.3 Å². The van der Waals surface area contributed by atoms with Crippen LogP contribution in [0.4, 0.5) is 0 Å². The van der Waals surface area contributed by atoms with Gasteiger partial charge in [0.1, 0.15) is 0 Å². The molecule has 21 heavy (non-hydrogen) atoms. The molecule has 0 heterocycles. The van der Waals surface area contributed by atoms with Crippen molar-refractivity contribution in [3.8, 4) is 0 Å². The third-order valence-corrected chi connectivity index (χ3v) is 3.63. The van der Waals surface area contributed by atoms with Crippen LogP contribution in [0.5, 0.6) is 0 Å². The number of ether oxygens (including phenoxy) is 1. The number of nitrogens with one attached hydrogen (secondary N) is 1. The van der Waals surface area contributed by atoms with Crippen LogP contribution in [0.25, 0.3) is 0 Å². The van der Waals surface area contributed by atoms with Crippen molar-refractivity contribution in [1.29, 1.82) is 0 Å². The van der Waals surface area contributed by atoms with Gasteiger partial charge in [-0.05, 0) is 24.2 Å². The van der Waals surface area contributed by atoms with Gasteiger partial charge in [0.05, 0.1) is 13.2 Å². The van der Waals surface area contributed by atoms with E-state index < -0.39 is 0 Å². The predicted octanol–water partition coefficient (Wildman–Crippen LogP) is 4.41. The number of hydrogen-bond donors (Lipinski definition) is 1. The molecule has 0 aromatic rings. The Morgan fingerprint density at radius 1 is 1.10 bits per heavy atom. The van der Waals surface area contributed by atoms with Gasteiger partial charge < -0.3 is 10.1 Å². The van der Waals surface area contributed by atoms with Crippen molar-refractivity contribution in [3.05, 3.63) is 0 Å². The van der Waals surface area contributed by atoms with Gasteiger partial charge in [-0.15, -0.1) is 0 Å². The summed E-state index contributed by atoms with van der Waals surface area (Å²) in [7, 11) is 0. The van der Waals surface area contributed by atoms with Crippen LogP contribution in [0.2, 0.25) is 0 Å². The van der Waals surface area contributed by atoms with Crippen molar-refractivity contribution in [1.82, 2.24) is 5.32 Å². The molecule has 126 valence electrons. The van der Waals surface area contributed by atoms with E-state index >= 15 is 0 Å². The molecule has 0 aliphatic carbocycles. The van der Waals surface area contributed by atoms with E-state index in [4.69, 9.17) is 4.74 Å². The van der Waals surface area contributed by atoms with Gasteiger partial charge in [0.2, 0.25) is 5.91 Å². The Balaban J connectivity index is 3.95. The van der Waals surface area contributed by atoms with Crippen LogP contribution in [-0.2, 0) is 9.53 Å². The lowest BCUT2D eigenvalue weighted by Crippen LogP contribution is -2.37. The van der Waals surface area contributed by atoms with Gasteiger partial charge in [-0.2, -0.15) is 0 Å². The van der Waals surface area contributed by atoms with Crippen LogP contribution in [0.1, 0.15) is 74.1 Å². The second kappa shape index (κ2) is 9.45. The van der Waals surface area contributed by atoms with Crippen LogP contribution < -0.4 is 5.32 Å². The van der Waals surface area contributed by atoms with Crippen molar-refractivity contribution in [2.75, 3.05) is 19.8 Å². The molecule has 1 N–H and O–H groups in total. The van der Waals surface area contributed by atoms with Gasteiger partial charge in [-0.1, -0.05) is 54.9 Å². The fraction of sp³-hybridized carbons (Fsp3) is 0.944. The highest BCUT2D eigenvalue weighted by Gasteiger charge is 2.22. The first-order valence-electron chi connectivity index (χ1n) is 8.42. The zero-order valence-corrected chi connectivity index (χ0v) is 15.3. The highest BCUT2D eigenvalue weighted by atomic mass is 16.5. The molecule has 0 radical (unpaired) electrons. The molecule has 0 fully saturated rings. The molecule has 0 aromatic heterocycles. The monoisotopic (exact) mass is 299 g/mol. The summed E-state index contributed by atoms with van der Waals surface area (Å²) in [5.74, 6) is 0.732. The average molecular weight is 299 g/mol. The largest absolute Gasteiger partial charge is 0.380 e. The highest BCUT2D eigenvalue weighted by Crippen LogP contribution is 2.24. The fourth-order valence-electron chi connectivity index (χ4n) is 2.25. The number of carbonyl (C=O) groups excluding carboxylic acids is 1. The summed E-state index contributed by atoms with van der Waals surface area (Å²) in [4.78, 5) is 11.8. The molecule has 3 nitrogen and oxygen atoms in total. The molecule has 0 unspecified atom stereocenters. The first-order valence-corrected chi connectivity index (χ1v) is 8.42. The van der Waals surface area contributed by atoms with Crippen molar-refractivity contribution in [2.24, 2.45) is 16.7 Å². The standard InChI is InChI=1S/C18H37NO2/c1-8-11-17(4,5)13-21-14-18(6,7)12-19-16(20)10-9-15(2)3/h15H,8-14H2,1-7H3,(H,19,20). The zero-order chi connectivity index (χ0) is 16.5. The van der Waals surface area contributed by atoms with Gasteiger partial charge in [-0.25, -0.2) is 0 Å². The Labute approximate surface area is 132 Å². The van der Waals surface area contributed by atoms with E-state index in [-0.39, 0.29) is 16.7 Å². The summed E-state index contributed by atoms with van der Waals surface area (Å²) in [5.41, 5.74) is 0.223. The Kier molecular flexibility index (Phi) is 9.19. The average Bonchev–Trinajstić information content (AvgIpc) is 2.33. The minimum Gasteiger partial charge on any atom is -0.380 e. The smallest absolute Gasteiger partial charge is 0.220 e. The van der Waals surface area contributed by atoms with Crippen LogP contribution in [0.15, 0.2) is 0 Å². The maximum absolute atomic E-state index is 11.8. The first-order chi connectivity index (χ1) is 9.58. The molecule has 0 atom stereocenters. The molecule has 0 aromatic carbocycles. The molecular weight excluding hydrogens is 262 g/mol. The summed E-state index contributed by atoms with van der Waals surface area (Å²) in [6.45, 7) is 17.4. The van der Waals surface area contributed by atoms with E-state index in [0.717, 1.165) is 13.0 Å². The maximum Gasteiger partial charge on any atom is 0.220 e. The van der Waals surface area contributed by atoms with E-state index in [1.54, 1.807) is 0 Å². The van der Waals surface area contributed by atoms with E-state index in [1.165, 1.54) is 12.8 Å². The molecule has 0 spiro atoms. The number of amides is 1. The minimum atomic E-state index is -0.0181. The molecule has 0 aliphatic heterocycles. The molecule has 3 heteroatoms. The molecule has 0 rings (SSSR count). The third kappa shape index (κ3) is 11.7. The summed E-state index contributed by atoms with van der Waals surface area (Å²) < 4.78 is 5.89. The number of hydrogen-bond acceptors (Lipinski definition) is 2. The van der Waals surface area contributed by atoms with E-state index in [1.807, 2.05) is 0 Å². The predicted molar refractivity (Wildman–Crippen MR) is 90.4 cm³/mol. The van der Waals surface area contributed by atoms with Gasteiger partial charge in [0.25, 0.3) is 0 Å². The van der Waals surface area contributed by atoms with Gasteiger partial charge in [0, 0.05) is 18.4 Å². The SMILES string of the molecule is CCCC(C)(C)COCC(C)(C)CNC(=O)CCC(C)C.